The highest BCUT2D eigenvalue weighted by molar-refractivity contribution is 7.98. The van der Waals surface area contributed by atoms with Crippen molar-refractivity contribution in [2.75, 3.05) is 30.9 Å². The van der Waals surface area contributed by atoms with Gasteiger partial charge in [0, 0.05) is 42.2 Å². The molecule has 1 aliphatic rings. The van der Waals surface area contributed by atoms with Crippen LogP contribution >= 0.6 is 11.6 Å². The SMILES string of the molecule is COc1cc2nccc(N3CCC(CCS(=O)C=N)CC3)c2cc1Cl. The molecule has 134 valence electrons. The largest absolute Gasteiger partial charge is 0.495 e. The fraction of sp³-hybridized carbons (Fsp3) is 0.444. The lowest BCUT2D eigenvalue weighted by atomic mass is 9.94. The van der Waals surface area contributed by atoms with E-state index in [0.717, 1.165) is 54.5 Å². The first-order valence-electron chi connectivity index (χ1n) is 8.37. The van der Waals surface area contributed by atoms with Crippen LogP contribution in [-0.4, -0.2) is 40.7 Å². The van der Waals surface area contributed by atoms with E-state index in [1.807, 2.05) is 24.4 Å². The van der Waals surface area contributed by atoms with E-state index in [1.165, 1.54) is 0 Å². The third kappa shape index (κ3) is 4.12. The Morgan fingerprint density at radius 3 is 2.88 bits per heavy atom. The van der Waals surface area contributed by atoms with Gasteiger partial charge in [-0.2, -0.15) is 0 Å². The van der Waals surface area contributed by atoms with Crippen LogP contribution in [0, 0.1) is 11.3 Å². The maximum atomic E-state index is 11.4. The molecule has 0 radical (unpaired) electrons. The van der Waals surface area contributed by atoms with Gasteiger partial charge in [-0.25, -0.2) is 0 Å². The Labute approximate surface area is 155 Å². The van der Waals surface area contributed by atoms with Crippen molar-refractivity contribution in [1.82, 2.24) is 4.98 Å². The fourth-order valence-electron chi connectivity index (χ4n) is 3.37. The standard InChI is InChI=1S/C18H22ClN3O2S/c1-24-18-11-16-14(10-15(18)19)17(2-6-21-16)22-7-3-13(4-8-22)5-9-25(23)12-20/h2,6,10-13,20H,3-5,7-9H2,1H3. The first-order valence-corrected chi connectivity index (χ1v) is 10.1. The number of aromatic nitrogens is 1. The van der Waals surface area contributed by atoms with E-state index in [-0.39, 0.29) is 0 Å². The third-order valence-corrected chi connectivity index (χ3v) is 6.00. The van der Waals surface area contributed by atoms with Crippen LogP contribution in [-0.2, 0) is 10.8 Å². The van der Waals surface area contributed by atoms with Gasteiger partial charge in [0.25, 0.3) is 0 Å². The smallest absolute Gasteiger partial charge is 0.139 e. The number of methoxy groups -OCH3 is 1. The molecule has 0 saturated carbocycles. The van der Waals surface area contributed by atoms with Gasteiger partial charge in [0.15, 0.2) is 0 Å². The summed E-state index contributed by atoms with van der Waals surface area (Å²) in [5.41, 5.74) is 3.06. The van der Waals surface area contributed by atoms with E-state index in [0.29, 0.717) is 22.4 Å². The molecule has 1 atom stereocenters. The van der Waals surface area contributed by atoms with Gasteiger partial charge in [0.1, 0.15) is 5.75 Å². The summed E-state index contributed by atoms with van der Waals surface area (Å²) in [6, 6.07) is 5.84. The van der Waals surface area contributed by atoms with Gasteiger partial charge in [-0.1, -0.05) is 11.6 Å². The van der Waals surface area contributed by atoms with Crippen LogP contribution < -0.4 is 9.64 Å². The van der Waals surface area contributed by atoms with Crippen molar-refractivity contribution in [2.45, 2.75) is 19.3 Å². The van der Waals surface area contributed by atoms with Crippen LogP contribution in [0.2, 0.25) is 5.02 Å². The quantitative estimate of drug-likeness (QED) is 0.611. The molecule has 0 amide bonds. The van der Waals surface area contributed by atoms with Gasteiger partial charge < -0.3 is 9.64 Å². The van der Waals surface area contributed by atoms with Crippen LogP contribution in [0.4, 0.5) is 5.69 Å². The lowest BCUT2D eigenvalue weighted by Gasteiger charge is -2.34. The maximum Gasteiger partial charge on any atom is 0.139 e. The van der Waals surface area contributed by atoms with E-state index < -0.39 is 10.8 Å². The Kier molecular flexibility index (Phi) is 5.91. The van der Waals surface area contributed by atoms with Crippen LogP contribution in [0.3, 0.4) is 0 Å². The summed E-state index contributed by atoms with van der Waals surface area (Å²) in [5.74, 6) is 1.82. The van der Waals surface area contributed by atoms with Crippen LogP contribution in [0.5, 0.6) is 5.75 Å². The van der Waals surface area contributed by atoms with Crippen molar-refractivity contribution < 1.29 is 8.95 Å². The van der Waals surface area contributed by atoms with Crippen LogP contribution in [0.1, 0.15) is 19.3 Å². The molecule has 25 heavy (non-hydrogen) atoms. The van der Waals surface area contributed by atoms with E-state index >= 15 is 0 Å². The summed E-state index contributed by atoms with van der Waals surface area (Å²) in [6.45, 7) is 1.93. The lowest BCUT2D eigenvalue weighted by Crippen LogP contribution is -2.34. The summed E-state index contributed by atoms with van der Waals surface area (Å²) in [6.07, 6.45) is 4.89. The number of ether oxygens (including phenoxy) is 1. The molecule has 1 unspecified atom stereocenters. The number of fused-ring (bicyclic) bond motifs is 1. The molecule has 1 aromatic heterocycles. The van der Waals surface area contributed by atoms with E-state index in [4.69, 9.17) is 21.7 Å². The van der Waals surface area contributed by atoms with E-state index in [2.05, 4.69) is 9.88 Å². The molecular weight excluding hydrogens is 358 g/mol. The number of hydrogen-bond acceptors (Lipinski definition) is 5. The molecule has 0 bridgehead atoms. The molecule has 0 spiro atoms. The number of anilines is 1. The zero-order valence-electron chi connectivity index (χ0n) is 14.2. The first-order chi connectivity index (χ1) is 12.1. The third-order valence-electron chi connectivity index (χ3n) is 4.81. The molecule has 1 aliphatic heterocycles. The van der Waals surface area contributed by atoms with Gasteiger partial charge in [-0.05, 0) is 37.3 Å². The summed E-state index contributed by atoms with van der Waals surface area (Å²) >= 11 is 6.30. The molecule has 1 aromatic carbocycles. The molecule has 7 heteroatoms. The van der Waals surface area contributed by atoms with Crippen molar-refractivity contribution in [3.8, 4) is 5.75 Å². The second kappa shape index (κ2) is 8.15. The molecule has 2 heterocycles. The second-order valence-corrected chi connectivity index (χ2v) is 8.07. The average Bonchev–Trinajstić information content (AvgIpc) is 2.65. The molecular formula is C18H22ClN3O2S. The number of nitrogens with one attached hydrogen (secondary N) is 1. The molecule has 1 fully saturated rings. The Bertz CT molecular complexity index is 791. The molecule has 1 saturated heterocycles. The Morgan fingerprint density at radius 2 is 2.20 bits per heavy atom. The average molecular weight is 380 g/mol. The van der Waals surface area contributed by atoms with Gasteiger partial charge >= 0.3 is 0 Å². The highest BCUT2D eigenvalue weighted by atomic mass is 35.5. The second-order valence-electron chi connectivity index (χ2n) is 6.26. The predicted molar refractivity (Wildman–Crippen MR) is 105 cm³/mol. The topological polar surface area (TPSA) is 66.3 Å². The highest BCUT2D eigenvalue weighted by Crippen LogP contribution is 2.35. The monoisotopic (exact) mass is 379 g/mol. The first kappa shape index (κ1) is 18.1. The van der Waals surface area contributed by atoms with E-state index in [9.17, 15) is 4.21 Å². The number of hydrogen-bond donors (Lipinski definition) is 1. The van der Waals surface area contributed by atoms with Crippen molar-refractivity contribution in [3.05, 3.63) is 29.4 Å². The molecule has 1 N–H and O–H groups in total. The predicted octanol–water partition coefficient (Wildman–Crippen LogP) is 3.86. The van der Waals surface area contributed by atoms with Gasteiger partial charge in [-0.15, -0.1) is 0 Å². The minimum atomic E-state index is -1.10. The maximum absolute atomic E-state index is 11.4. The Hall–Kier alpha value is -1.66. The Balaban J connectivity index is 1.74. The molecule has 2 aromatic rings. The van der Waals surface area contributed by atoms with Crippen LogP contribution in [0.25, 0.3) is 10.9 Å². The minimum Gasteiger partial charge on any atom is -0.495 e. The zero-order chi connectivity index (χ0) is 17.8. The summed E-state index contributed by atoms with van der Waals surface area (Å²) in [4.78, 5) is 6.81. The van der Waals surface area contributed by atoms with Crippen molar-refractivity contribution in [2.24, 2.45) is 5.92 Å². The summed E-state index contributed by atoms with van der Waals surface area (Å²) < 4.78 is 16.7. The summed E-state index contributed by atoms with van der Waals surface area (Å²) in [5, 5.41) is 8.66. The normalized spacial score (nSPS) is 16.8. The van der Waals surface area contributed by atoms with E-state index in [1.54, 1.807) is 7.11 Å². The minimum absolute atomic E-state index is 0.580. The molecule has 5 nitrogen and oxygen atoms in total. The number of piperidine rings is 1. The van der Waals surface area contributed by atoms with Crippen LogP contribution in [0.15, 0.2) is 24.4 Å². The fourth-order valence-corrected chi connectivity index (χ4v) is 4.29. The number of nitrogens with zero attached hydrogens (tertiary/aromatic N) is 2. The number of rotatable bonds is 6. The Morgan fingerprint density at radius 1 is 1.44 bits per heavy atom. The van der Waals surface area contributed by atoms with Crippen molar-refractivity contribution >= 4 is 44.5 Å². The molecule has 3 rings (SSSR count). The number of halogens is 1. The summed E-state index contributed by atoms with van der Waals surface area (Å²) in [7, 11) is 0.500. The zero-order valence-corrected chi connectivity index (χ0v) is 15.8. The lowest BCUT2D eigenvalue weighted by molar-refractivity contribution is 0.397. The van der Waals surface area contributed by atoms with Crippen molar-refractivity contribution in [3.63, 3.8) is 0 Å². The molecule has 0 aliphatic carbocycles. The van der Waals surface area contributed by atoms with Crippen molar-refractivity contribution in [1.29, 1.82) is 5.41 Å². The van der Waals surface area contributed by atoms with Gasteiger partial charge in [0.2, 0.25) is 0 Å². The van der Waals surface area contributed by atoms with Gasteiger partial charge in [-0.3, -0.25) is 14.6 Å². The number of pyridine rings is 1. The van der Waals surface area contributed by atoms with Gasteiger partial charge in [0.05, 0.1) is 34.0 Å². The highest BCUT2D eigenvalue weighted by Gasteiger charge is 2.21. The number of benzene rings is 1.